The number of hydrogen-bond acceptors (Lipinski definition) is 3. The van der Waals surface area contributed by atoms with Crippen LogP contribution < -0.4 is 5.73 Å². The second-order valence-electron chi connectivity index (χ2n) is 4.94. The number of aryl methyl sites for hydroxylation is 2. The summed E-state index contributed by atoms with van der Waals surface area (Å²) in [6.45, 7) is 7.45. The summed E-state index contributed by atoms with van der Waals surface area (Å²) in [5, 5.41) is 4.47. The highest BCUT2D eigenvalue weighted by Gasteiger charge is 2.26. The van der Waals surface area contributed by atoms with E-state index in [2.05, 4.69) is 29.9 Å². The zero-order valence-corrected chi connectivity index (χ0v) is 10.5. The van der Waals surface area contributed by atoms with Crippen molar-refractivity contribution in [2.45, 2.75) is 32.9 Å². The maximum atomic E-state index is 6.03. The normalized spacial score (nSPS) is 26.5. The number of hydrogen-bond donors (Lipinski definition) is 1. The van der Waals surface area contributed by atoms with E-state index in [4.69, 9.17) is 5.73 Å². The average Bonchev–Trinajstić information content (AvgIpc) is 2.73. The van der Waals surface area contributed by atoms with Crippen molar-refractivity contribution in [1.82, 2.24) is 14.7 Å². The van der Waals surface area contributed by atoms with Gasteiger partial charge in [-0.25, -0.2) is 0 Å². The summed E-state index contributed by atoms with van der Waals surface area (Å²) in [6.07, 6.45) is 1.00. The van der Waals surface area contributed by atoms with Crippen molar-refractivity contribution >= 4 is 0 Å². The van der Waals surface area contributed by atoms with E-state index in [-0.39, 0.29) is 0 Å². The first kappa shape index (κ1) is 11.6. The third-order valence-corrected chi connectivity index (χ3v) is 3.52. The highest BCUT2D eigenvalue weighted by Crippen LogP contribution is 2.17. The zero-order chi connectivity index (χ0) is 11.7. The molecule has 1 aromatic heterocycles. The molecule has 0 aromatic carbocycles. The minimum atomic E-state index is 0.332. The minimum absolute atomic E-state index is 0.332. The number of nitrogens with two attached hydrogens (primary N) is 1. The highest BCUT2D eigenvalue weighted by molar-refractivity contribution is 5.10. The molecule has 1 fully saturated rings. The molecule has 4 nitrogen and oxygen atoms in total. The zero-order valence-electron chi connectivity index (χ0n) is 10.5. The van der Waals surface area contributed by atoms with Crippen LogP contribution in [0.5, 0.6) is 0 Å². The van der Waals surface area contributed by atoms with Gasteiger partial charge in [0.1, 0.15) is 0 Å². The summed E-state index contributed by atoms with van der Waals surface area (Å²) in [6, 6.07) is 2.54. The fourth-order valence-electron chi connectivity index (χ4n) is 2.35. The Hall–Kier alpha value is -0.870. The lowest BCUT2D eigenvalue weighted by molar-refractivity contribution is 0.309. The van der Waals surface area contributed by atoms with Crippen LogP contribution in [0.2, 0.25) is 0 Å². The number of aromatic nitrogens is 2. The molecule has 0 spiro atoms. The van der Waals surface area contributed by atoms with E-state index in [0.29, 0.717) is 12.0 Å². The minimum Gasteiger partial charge on any atom is -0.326 e. The van der Waals surface area contributed by atoms with Gasteiger partial charge in [0.25, 0.3) is 0 Å². The first-order chi connectivity index (χ1) is 7.60. The van der Waals surface area contributed by atoms with Crippen molar-refractivity contribution in [2.75, 3.05) is 13.1 Å². The second-order valence-corrected chi connectivity index (χ2v) is 4.94. The predicted octanol–water partition coefficient (Wildman–Crippen LogP) is 0.762. The van der Waals surface area contributed by atoms with E-state index >= 15 is 0 Å². The van der Waals surface area contributed by atoms with Crippen LogP contribution in [-0.4, -0.2) is 33.8 Å². The van der Waals surface area contributed by atoms with Gasteiger partial charge in [-0.2, -0.15) is 5.10 Å². The van der Waals surface area contributed by atoms with Crippen LogP contribution >= 0.6 is 0 Å². The second kappa shape index (κ2) is 4.55. The van der Waals surface area contributed by atoms with Gasteiger partial charge >= 0.3 is 0 Å². The van der Waals surface area contributed by atoms with E-state index in [1.807, 2.05) is 11.7 Å². The maximum absolute atomic E-state index is 6.03. The SMILES string of the molecule is CCc1cc(CN2CC(C)C(N)C2)n(C)n1. The lowest BCUT2D eigenvalue weighted by Crippen LogP contribution is -2.28. The van der Waals surface area contributed by atoms with Gasteiger partial charge in [0.05, 0.1) is 11.4 Å². The molecule has 2 atom stereocenters. The van der Waals surface area contributed by atoms with Crippen molar-refractivity contribution in [3.05, 3.63) is 17.5 Å². The van der Waals surface area contributed by atoms with Gasteiger partial charge in [-0.3, -0.25) is 9.58 Å². The summed E-state index contributed by atoms with van der Waals surface area (Å²) in [7, 11) is 2.02. The van der Waals surface area contributed by atoms with E-state index in [1.165, 1.54) is 11.4 Å². The fraction of sp³-hybridized carbons (Fsp3) is 0.750. The van der Waals surface area contributed by atoms with Crippen molar-refractivity contribution in [3.8, 4) is 0 Å². The van der Waals surface area contributed by atoms with Gasteiger partial charge in [0.15, 0.2) is 0 Å². The number of rotatable bonds is 3. The summed E-state index contributed by atoms with van der Waals surface area (Å²) in [4.78, 5) is 2.42. The van der Waals surface area contributed by atoms with E-state index in [1.54, 1.807) is 0 Å². The quantitative estimate of drug-likeness (QED) is 0.821. The lowest BCUT2D eigenvalue weighted by atomic mass is 10.1. The Labute approximate surface area is 97.4 Å². The fourth-order valence-corrected chi connectivity index (χ4v) is 2.35. The van der Waals surface area contributed by atoms with E-state index < -0.39 is 0 Å². The van der Waals surface area contributed by atoms with E-state index in [9.17, 15) is 0 Å². The van der Waals surface area contributed by atoms with Crippen LogP contribution in [-0.2, 0) is 20.0 Å². The van der Waals surface area contributed by atoms with Crippen molar-refractivity contribution in [1.29, 1.82) is 0 Å². The van der Waals surface area contributed by atoms with Crippen LogP contribution in [0.1, 0.15) is 25.2 Å². The molecule has 2 unspecified atom stereocenters. The van der Waals surface area contributed by atoms with Crippen molar-refractivity contribution < 1.29 is 0 Å². The Kier molecular flexibility index (Phi) is 3.30. The van der Waals surface area contributed by atoms with Crippen LogP contribution in [0.3, 0.4) is 0 Å². The van der Waals surface area contributed by atoms with Crippen LogP contribution in [0.25, 0.3) is 0 Å². The lowest BCUT2D eigenvalue weighted by Gasteiger charge is -2.14. The molecule has 1 saturated heterocycles. The Balaban J connectivity index is 2.01. The smallest absolute Gasteiger partial charge is 0.0625 e. The summed E-state index contributed by atoms with van der Waals surface area (Å²) in [5.74, 6) is 0.610. The maximum Gasteiger partial charge on any atom is 0.0625 e. The molecule has 0 saturated carbocycles. The molecular weight excluding hydrogens is 200 g/mol. The third-order valence-electron chi connectivity index (χ3n) is 3.52. The Bertz CT molecular complexity index is 348. The average molecular weight is 222 g/mol. The van der Waals surface area contributed by atoms with Crippen LogP contribution in [0.15, 0.2) is 6.07 Å². The molecule has 0 amide bonds. The number of likely N-dealkylation sites (tertiary alicyclic amines) is 1. The van der Waals surface area contributed by atoms with Crippen LogP contribution in [0, 0.1) is 5.92 Å². The van der Waals surface area contributed by atoms with Gasteiger partial charge in [-0.05, 0) is 18.4 Å². The highest BCUT2D eigenvalue weighted by atomic mass is 15.3. The Morgan fingerprint density at radius 2 is 2.25 bits per heavy atom. The van der Waals surface area contributed by atoms with Gasteiger partial charge in [-0.1, -0.05) is 13.8 Å². The molecule has 1 aliphatic rings. The van der Waals surface area contributed by atoms with Crippen molar-refractivity contribution in [3.63, 3.8) is 0 Å². The molecule has 0 bridgehead atoms. The first-order valence-corrected chi connectivity index (χ1v) is 6.10. The molecule has 1 aromatic rings. The molecule has 16 heavy (non-hydrogen) atoms. The number of nitrogens with zero attached hydrogens (tertiary/aromatic N) is 3. The summed E-state index contributed by atoms with van der Waals surface area (Å²) < 4.78 is 1.99. The monoisotopic (exact) mass is 222 g/mol. The molecule has 2 rings (SSSR count). The van der Waals surface area contributed by atoms with E-state index in [0.717, 1.165) is 26.1 Å². The van der Waals surface area contributed by atoms with Crippen molar-refractivity contribution in [2.24, 2.45) is 18.7 Å². The van der Waals surface area contributed by atoms with Gasteiger partial charge < -0.3 is 5.73 Å². The van der Waals surface area contributed by atoms with Crippen LogP contribution in [0.4, 0.5) is 0 Å². The summed E-state index contributed by atoms with van der Waals surface area (Å²) in [5.41, 5.74) is 8.49. The predicted molar refractivity (Wildman–Crippen MR) is 65.0 cm³/mol. The Morgan fingerprint density at radius 1 is 1.50 bits per heavy atom. The molecule has 0 radical (unpaired) electrons. The van der Waals surface area contributed by atoms with Gasteiger partial charge in [-0.15, -0.1) is 0 Å². The molecule has 0 aliphatic carbocycles. The third kappa shape index (κ3) is 2.28. The molecule has 2 N–H and O–H groups in total. The molecule has 1 aliphatic heterocycles. The first-order valence-electron chi connectivity index (χ1n) is 6.10. The summed E-state index contributed by atoms with van der Waals surface area (Å²) >= 11 is 0. The molecular formula is C12H22N4. The molecule has 90 valence electrons. The molecule has 4 heteroatoms. The van der Waals surface area contributed by atoms with Gasteiger partial charge in [0, 0.05) is 32.7 Å². The largest absolute Gasteiger partial charge is 0.326 e. The van der Waals surface area contributed by atoms with Gasteiger partial charge in [0.2, 0.25) is 0 Å². The topological polar surface area (TPSA) is 47.1 Å². The Morgan fingerprint density at radius 3 is 2.75 bits per heavy atom. The molecule has 2 heterocycles. The standard InChI is InChI=1S/C12H22N4/c1-4-10-5-11(15(3)14-10)7-16-6-9(2)12(13)8-16/h5,9,12H,4,6-8,13H2,1-3H3.